The second-order valence-electron chi connectivity index (χ2n) is 10.2. The number of benzene rings is 1. The number of β-amino-alcohol motifs (C(OH)–C–C–N with tert-alkyl or cyclic N) is 1. The minimum atomic E-state index is -2.94. The average Bonchev–Trinajstić information content (AvgIpc) is 2.91. The molecular formula is C27H39N5O4S. The van der Waals surface area contributed by atoms with E-state index < -0.39 is 15.9 Å². The molecule has 1 amide bonds. The van der Waals surface area contributed by atoms with Crippen LogP contribution in [0.15, 0.2) is 36.7 Å². The lowest BCUT2D eigenvalue weighted by Crippen LogP contribution is -2.42. The molecule has 3 heterocycles. The van der Waals surface area contributed by atoms with Gasteiger partial charge in [0.1, 0.15) is 12.0 Å². The molecule has 4 rings (SSSR count). The van der Waals surface area contributed by atoms with Crippen LogP contribution < -0.4 is 5.32 Å². The maximum Gasteiger partial charge on any atom is 0.270 e. The maximum absolute atomic E-state index is 12.7. The first-order chi connectivity index (χ1) is 17.8. The van der Waals surface area contributed by atoms with E-state index in [4.69, 9.17) is 0 Å². The van der Waals surface area contributed by atoms with E-state index in [2.05, 4.69) is 43.3 Å². The number of sulfone groups is 1. The van der Waals surface area contributed by atoms with Crippen LogP contribution in [0, 0.1) is 5.92 Å². The molecule has 37 heavy (non-hydrogen) atoms. The molecule has 0 saturated carbocycles. The van der Waals surface area contributed by atoms with Gasteiger partial charge in [-0.15, -0.1) is 0 Å². The molecule has 0 spiro atoms. The zero-order valence-corrected chi connectivity index (χ0v) is 22.5. The fourth-order valence-electron chi connectivity index (χ4n) is 5.13. The molecule has 2 N–H and O–H groups in total. The number of aromatic nitrogens is 2. The van der Waals surface area contributed by atoms with E-state index in [1.807, 2.05) is 6.07 Å². The Morgan fingerprint density at radius 1 is 1.14 bits per heavy atom. The number of amides is 1. The van der Waals surface area contributed by atoms with Crippen LogP contribution in [0.3, 0.4) is 0 Å². The quantitative estimate of drug-likeness (QED) is 0.448. The summed E-state index contributed by atoms with van der Waals surface area (Å²) in [6, 6.07) is 10.1. The number of hydrogen-bond donors (Lipinski definition) is 2. The highest BCUT2D eigenvalue weighted by Crippen LogP contribution is 2.21. The second-order valence-corrected chi connectivity index (χ2v) is 12.7. The van der Waals surface area contributed by atoms with Gasteiger partial charge in [0.15, 0.2) is 9.84 Å². The minimum absolute atomic E-state index is 0.169. The summed E-state index contributed by atoms with van der Waals surface area (Å²) in [7, 11) is -2.94. The van der Waals surface area contributed by atoms with Crippen LogP contribution >= 0.6 is 0 Å². The van der Waals surface area contributed by atoms with Gasteiger partial charge < -0.3 is 15.3 Å². The summed E-state index contributed by atoms with van der Waals surface area (Å²) < 4.78 is 23.5. The third-order valence-electron chi connectivity index (χ3n) is 7.50. The van der Waals surface area contributed by atoms with E-state index in [9.17, 15) is 18.3 Å². The standard InChI is InChI=1S/C27H39N5O4S/c1-2-37(35,36)14-13-31-10-7-21(8-11-31)15-24-16-26(30-20-29-24)27(34)28-17-25(33)19-32-12-9-22-5-3-4-6-23(22)18-32/h3-6,16,20-21,25,33H,2,7-15,17-19H2,1H3,(H,28,34)/t25-/m0/s1. The van der Waals surface area contributed by atoms with E-state index >= 15 is 0 Å². The van der Waals surface area contributed by atoms with E-state index in [1.54, 1.807) is 13.0 Å². The lowest BCUT2D eigenvalue weighted by molar-refractivity contribution is 0.0837. The molecule has 0 bridgehead atoms. The van der Waals surface area contributed by atoms with Crippen molar-refractivity contribution in [3.05, 3.63) is 59.2 Å². The van der Waals surface area contributed by atoms with Crippen LogP contribution in [0.4, 0.5) is 0 Å². The number of nitrogens with one attached hydrogen (secondary N) is 1. The van der Waals surface area contributed by atoms with Crippen molar-refractivity contribution in [2.45, 2.75) is 45.3 Å². The van der Waals surface area contributed by atoms with Crippen molar-refractivity contribution in [1.29, 1.82) is 0 Å². The Morgan fingerprint density at radius 3 is 2.65 bits per heavy atom. The monoisotopic (exact) mass is 529 g/mol. The number of fused-ring (bicyclic) bond motifs is 1. The molecule has 0 unspecified atom stereocenters. The molecule has 2 aliphatic heterocycles. The van der Waals surface area contributed by atoms with Crippen molar-refractivity contribution in [2.75, 3.05) is 50.8 Å². The summed E-state index contributed by atoms with van der Waals surface area (Å²) in [6.45, 7) is 6.43. The molecule has 1 atom stereocenters. The maximum atomic E-state index is 12.7. The first-order valence-corrected chi connectivity index (χ1v) is 15.1. The first-order valence-electron chi connectivity index (χ1n) is 13.3. The Labute approximate surface area is 220 Å². The fraction of sp³-hybridized carbons (Fsp3) is 0.593. The van der Waals surface area contributed by atoms with E-state index in [1.165, 1.54) is 17.5 Å². The number of aliphatic hydroxyl groups excluding tert-OH is 1. The highest BCUT2D eigenvalue weighted by molar-refractivity contribution is 7.91. The van der Waals surface area contributed by atoms with Gasteiger partial charge in [-0.25, -0.2) is 18.4 Å². The van der Waals surface area contributed by atoms with Gasteiger partial charge in [-0.05, 0) is 61.9 Å². The van der Waals surface area contributed by atoms with Crippen molar-refractivity contribution in [1.82, 2.24) is 25.1 Å². The Bertz CT molecular complexity index is 1150. The van der Waals surface area contributed by atoms with Crippen LogP contribution in [0.5, 0.6) is 0 Å². The fourth-order valence-corrected chi connectivity index (χ4v) is 5.95. The van der Waals surface area contributed by atoms with Crippen LogP contribution in [-0.2, 0) is 29.2 Å². The van der Waals surface area contributed by atoms with Crippen LogP contribution in [-0.4, -0.2) is 96.1 Å². The van der Waals surface area contributed by atoms with Gasteiger partial charge in [0.25, 0.3) is 5.91 Å². The summed E-state index contributed by atoms with van der Waals surface area (Å²) in [4.78, 5) is 25.6. The molecule has 1 fully saturated rings. The Morgan fingerprint density at radius 2 is 1.89 bits per heavy atom. The molecule has 1 saturated heterocycles. The van der Waals surface area contributed by atoms with Crippen LogP contribution in [0.1, 0.15) is 47.1 Å². The summed E-state index contributed by atoms with van der Waals surface area (Å²) in [5.41, 5.74) is 3.81. The molecule has 10 heteroatoms. The van der Waals surface area contributed by atoms with E-state index in [-0.39, 0.29) is 24.0 Å². The van der Waals surface area contributed by atoms with E-state index in [0.717, 1.165) is 57.6 Å². The molecule has 0 aliphatic carbocycles. The predicted octanol–water partition coefficient (Wildman–Crippen LogP) is 1.31. The van der Waals surface area contributed by atoms with Crippen LogP contribution in [0.2, 0.25) is 0 Å². The van der Waals surface area contributed by atoms with Gasteiger partial charge in [0, 0.05) is 44.2 Å². The van der Waals surface area contributed by atoms with Crippen molar-refractivity contribution in [3.63, 3.8) is 0 Å². The van der Waals surface area contributed by atoms with Gasteiger partial charge in [-0.3, -0.25) is 9.69 Å². The second kappa shape index (κ2) is 12.9. The normalized spacial score (nSPS) is 18.3. The van der Waals surface area contributed by atoms with Crippen molar-refractivity contribution in [3.8, 4) is 0 Å². The van der Waals surface area contributed by atoms with Gasteiger partial charge >= 0.3 is 0 Å². The summed E-state index contributed by atoms with van der Waals surface area (Å²) in [5, 5.41) is 13.3. The highest BCUT2D eigenvalue weighted by atomic mass is 32.2. The molecule has 1 aromatic carbocycles. The average molecular weight is 530 g/mol. The molecule has 202 valence electrons. The lowest BCUT2D eigenvalue weighted by Gasteiger charge is -2.31. The zero-order chi connectivity index (χ0) is 26.3. The Kier molecular flexibility index (Phi) is 9.64. The number of carbonyl (C=O) groups excluding carboxylic acids is 1. The number of carbonyl (C=O) groups is 1. The summed E-state index contributed by atoms with van der Waals surface area (Å²) in [5.74, 6) is 0.554. The van der Waals surface area contributed by atoms with Gasteiger partial charge in [-0.2, -0.15) is 0 Å². The largest absolute Gasteiger partial charge is 0.390 e. The summed E-state index contributed by atoms with van der Waals surface area (Å²) >= 11 is 0. The molecule has 0 radical (unpaired) electrons. The van der Waals surface area contributed by atoms with Crippen molar-refractivity contribution in [2.24, 2.45) is 5.92 Å². The molecule has 9 nitrogen and oxygen atoms in total. The lowest BCUT2D eigenvalue weighted by atomic mass is 9.92. The number of nitrogens with zero attached hydrogens (tertiary/aromatic N) is 4. The van der Waals surface area contributed by atoms with E-state index in [0.29, 0.717) is 24.7 Å². The summed E-state index contributed by atoms with van der Waals surface area (Å²) in [6.07, 6.45) is 4.46. The van der Waals surface area contributed by atoms with Crippen molar-refractivity contribution < 1.29 is 18.3 Å². The highest BCUT2D eigenvalue weighted by Gasteiger charge is 2.22. The van der Waals surface area contributed by atoms with Crippen molar-refractivity contribution >= 4 is 15.7 Å². The minimum Gasteiger partial charge on any atom is -0.390 e. The SMILES string of the molecule is CCS(=O)(=O)CCN1CCC(Cc2cc(C(=O)NC[C@H](O)CN3CCc4ccccc4C3)ncn2)CC1. The molecular weight excluding hydrogens is 490 g/mol. The topological polar surface area (TPSA) is 116 Å². The Balaban J connectivity index is 1.19. The third kappa shape index (κ3) is 8.29. The van der Waals surface area contributed by atoms with Gasteiger partial charge in [0.05, 0.1) is 11.9 Å². The molecule has 1 aromatic heterocycles. The number of hydrogen-bond acceptors (Lipinski definition) is 8. The van der Waals surface area contributed by atoms with Gasteiger partial charge in [0.2, 0.25) is 0 Å². The number of piperidine rings is 1. The molecule has 2 aliphatic rings. The zero-order valence-electron chi connectivity index (χ0n) is 21.7. The number of rotatable bonds is 11. The first kappa shape index (κ1) is 27.6. The Hall–Kier alpha value is -2.40. The third-order valence-corrected chi connectivity index (χ3v) is 9.18. The number of likely N-dealkylation sites (tertiary alicyclic amines) is 1. The van der Waals surface area contributed by atoms with Crippen LogP contribution in [0.25, 0.3) is 0 Å². The number of aliphatic hydroxyl groups is 1. The molecule has 2 aromatic rings. The smallest absolute Gasteiger partial charge is 0.270 e. The predicted molar refractivity (Wildman–Crippen MR) is 143 cm³/mol. The van der Waals surface area contributed by atoms with Gasteiger partial charge in [-0.1, -0.05) is 31.2 Å².